The summed E-state index contributed by atoms with van der Waals surface area (Å²) in [6.07, 6.45) is 2.11. The number of nitrogens with one attached hydrogen (secondary N) is 1. The Morgan fingerprint density at radius 3 is 2.19 bits per heavy atom. The molecular weight excluding hydrogens is 751 g/mol. The largest absolute Gasteiger partial charge is 0.744 e. The molecule has 0 saturated carbocycles. The average molecular weight is 778 g/mol. The van der Waals surface area contributed by atoms with Gasteiger partial charge in [0.15, 0.2) is 21.1 Å². The Balaban J connectivity index is 1.78. The standard InChI is InChI=1S/C30H27N5O14S3/c1-34(12-13-50(40,41)42)30(39)19-14-15(29(38)33-10-11-35-22(36)8-9-23(35)37)2-3-16(19)24-17-4-6-20(31)27(51(43,44)45)25(17)49-26-18(24)5-7-21(32)28(26)52(46,47)48/h2-9,14,31H,10-13,32H2,1H3,(H,33,38)(H,40,41,42)(H,43,44,45)(H,46,47,48). The highest BCUT2D eigenvalue weighted by molar-refractivity contribution is 7.86. The Morgan fingerprint density at radius 2 is 1.60 bits per heavy atom. The summed E-state index contributed by atoms with van der Waals surface area (Å²) < 4.78 is 110. The van der Waals surface area contributed by atoms with E-state index in [-0.39, 0.29) is 46.3 Å². The third-order valence-corrected chi connectivity index (χ3v) is 10.4. The summed E-state index contributed by atoms with van der Waals surface area (Å²) in [7, 11) is -14.1. The zero-order valence-electron chi connectivity index (χ0n) is 26.6. The maximum atomic E-state index is 14.0. The van der Waals surface area contributed by atoms with Crippen LogP contribution in [0.5, 0.6) is 0 Å². The molecule has 5 rings (SSSR count). The summed E-state index contributed by atoms with van der Waals surface area (Å²) in [6.45, 7) is -0.971. The van der Waals surface area contributed by atoms with Crippen molar-refractivity contribution in [2.45, 2.75) is 9.79 Å². The summed E-state index contributed by atoms with van der Waals surface area (Å²) in [5, 5.41) is 7.54. The van der Waals surface area contributed by atoms with Crippen LogP contribution in [0.4, 0.5) is 5.69 Å². The monoisotopic (exact) mass is 777 g/mol. The number of nitrogens with two attached hydrogens (primary N) is 2. The molecule has 0 radical (unpaired) electrons. The number of rotatable bonds is 11. The van der Waals surface area contributed by atoms with E-state index in [1.165, 1.54) is 31.3 Å². The van der Waals surface area contributed by atoms with E-state index in [1.54, 1.807) is 0 Å². The maximum Gasteiger partial charge on any atom is 0.300 e. The lowest BCUT2D eigenvalue weighted by Gasteiger charge is -2.23. The molecular formula is C30H27N5O14S3. The number of imide groups is 1. The molecule has 7 N–H and O–H groups in total. The summed E-state index contributed by atoms with van der Waals surface area (Å²) in [5.41, 5.74) is 3.46. The highest BCUT2D eigenvalue weighted by Gasteiger charge is 2.32. The van der Waals surface area contributed by atoms with Gasteiger partial charge in [0.2, 0.25) is 5.36 Å². The number of carbonyl (C=O) groups excluding carboxylic acids is 4. The van der Waals surface area contributed by atoms with E-state index in [1.807, 2.05) is 0 Å². The van der Waals surface area contributed by atoms with Gasteiger partial charge in [0.1, 0.15) is 10.1 Å². The second-order valence-corrected chi connectivity index (χ2v) is 15.6. The van der Waals surface area contributed by atoms with Crippen LogP contribution in [0.2, 0.25) is 0 Å². The number of carbonyl (C=O) groups is 4. The lowest BCUT2D eigenvalue weighted by atomic mass is 9.89. The lowest BCUT2D eigenvalue weighted by Crippen LogP contribution is -2.47. The molecule has 22 heteroatoms. The number of hydrogen-bond donors (Lipinski definition) is 5. The first-order valence-electron chi connectivity index (χ1n) is 14.6. The SMILES string of the molecule is CN(CCS(=O)(=O)O)C(=O)c1cc(C(=O)NCCN2C(=O)C=CC2=O)ccc1-c1c2ccc(=[NH2+])c(S(=O)(=O)[O-])c-2oc2c(S(=O)(=O)O)c(N)ccc12. The van der Waals surface area contributed by atoms with E-state index in [4.69, 9.17) is 15.6 Å². The van der Waals surface area contributed by atoms with E-state index >= 15 is 0 Å². The van der Waals surface area contributed by atoms with Gasteiger partial charge in [-0.15, -0.1) is 0 Å². The molecule has 2 aliphatic heterocycles. The van der Waals surface area contributed by atoms with Gasteiger partial charge < -0.3 is 24.9 Å². The van der Waals surface area contributed by atoms with Crippen molar-refractivity contribution in [2.75, 3.05) is 38.2 Å². The number of amides is 4. The summed E-state index contributed by atoms with van der Waals surface area (Å²) >= 11 is 0. The van der Waals surface area contributed by atoms with E-state index < -0.39 is 98.5 Å². The third-order valence-electron chi connectivity index (χ3n) is 7.87. The molecule has 0 spiro atoms. The fraction of sp³-hybridized carbons (Fsp3) is 0.167. The molecule has 0 atom stereocenters. The van der Waals surface area contributed by atoms with Gasteiger partial charge in [-0.2, -0.15) is 16.8 Å². The van der Waals surface area contributed by atoms with Crippen LogP contribution in [0.15, 0.2) is 68.8 Å². The van der Waals surface area contributed by atoms with Crippen LogP contribution in [-0.4, -0.2) is 105 Å². The maximum absolute atomic E-state index is 14.0. The molecule has 0 bridgehead atoms. The van der Waals surface area contributed by atoms with Crippen LogP contribution in [0, 0.1) is 0 Å². The molecule has 2 aromatic rings. The molecule has 274 valence electrons. The molecule has 2 heterocycles. The smallest absolute Gasteiger partial charge is 0.300 e. The van der Waals surface area contributed by atoms with Gasteiger partial charge >= 0.3 is 0 Å². The first kappa shape index (κ1) is 37.7. The quantitative estimate of drug-likeness (QED) is 0.0486. The number of fused-ring (bicyclic) bond motifs is 2. The Labute approximate surface area is 294 Å². The van der Waals surface area contributed by atoms with Gasteiger partial charge in [-0.05, 0) is 35.9 Å². The van der Waals surface area contributed by atoms with Crippen LogP contribution < -0.4 is 21.8 Å². The number of anilines is 1. The van der Waals surface area contributed by atoms with Crippen molar-refractivity contribution < 1.29 is 67.9 Å². The highest BCUT2D eigenvalue weighted by atomic mass is 32.2. The molecule has 4 amide bonds. The summed E-state index contributed by atoms with van der Waals surface area (Å²) in [4.78, 5) is 50.6. The molecule has 52 heavy (non-hydrogen) atoms. The second-order valence-electron chi connectivity index (χ2n) is 11.3. The number of hydrogen-bond acceptors (Lipinski definition) is 13. The van der Waals surface area contributed by atoms with Crippen LogP contribution >= 0.6 is 0 Å². The summed E-state index contributed by atoms with van der Waals surface area (Å²) in [6, 6.07) is 7.99. The third kappa shape index (κ3) is 7.42. The molecule has 3 aliphatic rings. The zero-order valence-corrected chi connectivity index (χ0v) is 29.0. The zero-order chi connectivity index (χ0) is 38.5. The van der Waals surface area contributed by atoms with Crippen molar-refractivity contribution in [2.24, 2.45) is 0 Å². The van der Waals surface area contributed by atoms with Crippen molar-refractivity contribution in [3.63, 3.8) is 0 Å². The van der Waals surface area contributed by atoms with Gasteiger partial charge in [-0.25, -0.2) is 8.42 Å². The van der Waals surface area contributed by atoms with Gasteiger partial charge in [-0.3, -0.25) is 38.6 Å². The van der Waals surface area contributed by atoms with Gasteiger partial charge in [0, 0.05) is 72.5 Å². The number of nitrogens with zero attached hydrogens (tertiary/aromatic N) is 2. The first-order chi connectivity index (χ1) is 24.1. The van der Waals surface area contributed by atoms with E-state index in [2.05, 4.69) is 5.32 Å². The minimum absolute atomic E-state index is 0.157. The van der Waals surface area contributed by atoms with Crippen LogP contribution in [0.25, 0.3) is 33.4 Å². The Morgan fingerprint density at radius 1 is 0.962 bits per heavy atom. The van der Waals surface area contributed by atoms with E-state index in [0.29, 0.717) is 0 Å². The average Bonchev–Trinajstić information content (AvgIpc) is 3.36. The van der Waals surface area contributed by atoms with Crippen molar-refractivity contribution >= 4 is 70.6 Å². The normalized spacial score (nSPS) is 13.7. The predicted molar refractivity (Wildman–Crippen MR) is 177 cm³/mol. The molecule has 0 unspecified atom stereocenters. The first-order valence-corrected chi connectivity index (χ1v) is 19.1. The Bertz CT molecular complexity index is 2600. The Hall–Kier alpha value is -5.52. The molecule has 2 aromatic carbocycles. The predicted octanol–water partition coefficient (Wildman–Crippen LogP) is -1.79. The molecule has 0 saturated heterocycles. The minimum atomic E-state index is -5.46. The van der Waals surface area contributed by atoms with Gasteiger partial charge in [0.25, 0.3) is 43.9 Å². The molecule has 0 aromatic heterocycles. The second kappa shape index (κ2) is 13.6. The molecule has 19 nitrogen and oxygen atoms in total. The van der Waals surface area contributed by atoms with E-state index in [9.17, 15) is 58.1 Å². The number of benzene rings is 3. The lowest BCUT2D eigenvalue weighted by molar-refractivity contribution is -0.176. The number of nitrogen functional groups attached to an aromatic ring is 1. The van der Waals surface area contributed by atoms with Crippen molar-refractivity contribution in [1.82, 2.24) is 15.1 Å². The summed E-state index contributed by atoms with van der Waals surface area (Å²) in [5.74, 6) is -4.63. The van der Waals surface area contributed by atoms with Crippen molar-refractivity contribution in [3.05, 3.63) is 71.1 Å². The topological polar surface area (TPSA) is 317 Å². The fourth-order valence-corrected chi connectivity index (χ4v) is 7.48. The fourth-order valence-electron chi connectivity index (χ4n) is 5.49. The van der Waals surface area contributed by atoms with Crippen molar-refractivity contribution in [3.8, 4) is 22.5 Å². The highest BCUT2D eigenvalue weighted by Crippen LogP contribution is 2.45. The van der Waals surface area contributed by atoms with E-state index in [0.717, 1.165) is 40.2 Å². The van der Waals surface area contributed by atoms with Crippen LogP contribution in [-0.2, 0) is 39.9 Å². The van der Waals surface area contributed by atoms with Gasteiger partial charge in [-0.1, -0.05) is 6.07 Å². The minimum Gasteiger partial charge on any atom is -0.744 e. The Kier molecular flexibility index (Phi) is 9.83. The van der Waals surface area contributed by atoms with Gasteiger partial charge in [0.05, 0.1) is 11.4 Å². The van der Waals surface area contributed by atoms with Crippen molar-refractivity contribution in [1.29, 1.82) is 0 Å². The molecule has 1 aliphatic carbocycles. The van der Waals surface area contributed by atoms with Crippen LogP contribution in [0.1, 0.15) is 20.7 Å². The molecule has 0 fully saturated rings. The van der Waals surface area contributed by atoms with Crippen LogP contribution in [0.3, 0.4) is 0 Å².